The Morgan fingerprint density at radius 1 is 0.868 bits per heavy atom. The molecule has 12 nitrogen and oxygen atoms in total. The van der Waals surface area contributed by atoms with E-state index in [1.807, 2.05) is 66.0 Å². The summed E-state index contributed by atoms with van der Waals surface area (Å²) in [5.74, 6) is 0.0636. The lowest BCUT2D eigenvalue weighted by Crippen LogP contribution is -2.53. The number of benzene rings is 2. The van der Waals surface area contributed by atoms with E-state index in [0.717, 1.165) is 39.8 Å². The highest BCUT2D eigenvalue weighted by atomic mass is 32.1. The van der Waals surface area contributed by atoms with Gasteiger partial charge in [-0.05, 0) is 43.2 Å². The van der Waals surface area contributed by atoms with Crippen LogP contribution in [0.4, 0.5) is 9.59 Å². The van der Waals surface area contributed by atoms with E-state index in [1.165, 1.54) is 11.3 Å². The molecule has 4 N–H and O–H groups in total. The average Bonchev–Trinajstić information content (AvgIpc) is 3.88. The van der Waals surface area contributed by atoms with E-state index >= 15 is 0 Å². The molecule has 0 saturated carbocycles. The number of urea groups is 1. The van der Waals surface area contributed by atoms with Gasteiger partial charge in [0.05, 0.1) is 40.8 Å². The van der Waals surface area contributed by atoms with Gasteiger partial charge in [-0.1, -0.05) is 74.5 Å². The summed E-state index contributed by atoms with van der Waals surface area (Å²) in [6.07, 6.45) is 3.98. The molecular formula is C39H51N7O5S2. The van der Waals surface area contributed by atoms with Crippen molar-refractivity contribution in [1.82, 2.24) is 36.1 Å². The molecule has 0 radical (unpaired) electrons. The van der Waals surface area contributed by atoms with Crippen molar-refractivity contribution in [2.24, 2.45) is 0 Å². The third-order valence-corrected chi connectivity index (χ3v) is 10.9. The van der Waals surface area contributed by atoms with Gasteiger partial charge >= 0.3 is 12.1 Å². The minimum atomic E-state index is -0.766. The van der Waals surface area contributed by atoms with Crippen LogP contribution in [0.2, 0.25) is 0 Å². The molecular weight excluding hydrogens is 711 g/mol. The lowest BCUT2D eigenvalue weighted by Gasteiger charge is -2.29. The van der Waals surface area contributed by atoms with Crippen molar-refractivity contribution >= 4 is 40.7 Å². The number of alkyl carbamates (subject to hydrolysis) is 1. The molecule has 1 aliphatic rings. The maximum Gasteiger partial charge on any atom is 0.407 e. The van der Waals surface area contributed by atoms with Gasteiger partial charge in [-0.3, -0.25) is 14.7 Å². The zero-order chi connectivity index (χ0) is 37.3. The van der Waals surface area contributed by atoms with Gasteiger partial charge in [0.15, 0.2) is 0 Å². The molecule has 4 aromatic rings. The fourth-order valence-corrected chi connectivity index (χ4v) is 7.41. The summed E-state index contributed by atoms with van der Waals surface area (Å²) in [5.41, 5.74) is 4.65. The van der Waals surface area contributed by atoms with Gasteiger partial charge in [-0.25, -0.2) is 14.6 Å². The second-order valence-corrected chi connectivity index (χ2v) is 15.4. The van der Waals surface area contributed by atoms with Gasteiger partial charge in [0.2, 0.25) is 5.91 Å². The highest BCUT2D eigenvalue weighted by Gasteiger charge is 2.26. The average molecular weight is 762 g/mol. The normalized spacial score (nSPS) is 14.9. The first-order valence-electron chi connectivity index (χ1n) is 18.3. The SMILES string of the molecule is CC(C)c1nc(CNC(=O)NC(CCN2CCOCC2)C(=O)NC(CCC(Cc2ccccc2)NC(=O)OCc2cncs2)Cc2ccccc2)cs1. The number of rotatable bonds is 19. The maximum atomic E-state index is 14.1. The first-order chi connectivity index (χ1) is 25.8. The van der Waals surface area contributed by atoms with E-state index in [0.29, 0.717) is 57.8 Å². The van der Waals surface area contributed by atoms with Gasteiger partial charge in [0, 0.05) is 49.2 Å². The van der Waals surface area contributed by atoms with Crippen molar-refractivity contribution in [3.05, 3.63) is 104 Å². The van der Waals surface area contributed by atoms with Crippen LogP contribution in [0.25, 0.3) is 0 Å². The molecule has 1 fully saturated rings. The first kappa shape index (κ1) is 39.8. The van der Waals surface area contributed by atoms with E-state index in [2.05, 4.69) is 50.0 Å². The van der Waals surface area contributed by atoms with Crippen molar-refractivity contribution in [3.63, 3.8) is 0 Å². The highest BCUT2D eigenvalue weighted by molar-refractivity contribution is 7.09. The second kappa shape index (κ2) is 21.4. The molecule has 0 bridgehead atoms. The zero-order valence-corrected chi connectivity index (χ0v) is 32.1. The van der Waals surface area contributed by atoms with Crippen molar-refractivity contribution in [2.75, 3.05) is 32.8 Å². The Labute approximate surface area is 320 Å². The minimum Gasteiger partial charge on any atom is -0.444 e. The summed E-state index contributed by atoms with van der Waals surface area (Å²) in [6.45, 7) is 8.09. The van der Waals surface area contributed by atoms with Crippen molar-refractivity contribution in [2.45, 2.75) is 83.1 Å². The smallest absolute Gasteiger partial charge is 0.407 e. The lowest BCUT2D eigenvalue weighted by molar-refractivity contribution is -0.124. The van der Waals surface area contributed by atoms with E-state index in [9.17, 15) is 14.4 Å². The lowest BCUT2D eigenvalue weighted by atomic mass is 9.95. The molecule has 2 aromatic carbocycles. The summed E-state index contributed by atoms with van der Waals surface area (Å²) in [7, 11) is 0. The van der Waals surface area contributed by atoms with Crippen molar-refractivity contribution in [1.29, 1.82) is 0 Å². The summed E-state index contributed by atoms with van der Waals surface area (Å²) >= 11 is 3.01. The molecule has 53 heavy (non-hydrogen) atoms. The zero-order valence-electron chi connectivity index (χ0n) is 30.5. The molecule has 3 atom stereocenters. The topological polar surface area (TPSA) is 147 Å². The fraction of sp³-hybridized carbons (Fsp3) is 0.462. The predicted molar refractivity (Wildman–Crippen MR) is 208 cm³/mol. The number of nitrogens with zero attached hydrogens (tertiary/aromatic N) is 3. The van der Waals surface area contributed by atoms with Gasteiger partial charge in [-0.2, -0.15) is 0 Å². The molecule has 4 amide bonds. The molecule has 1 aliphatic heterocycles. The third-order valence-electron chi connectivity index (χ3n) is 8.96. The molecule has 0 spiro atoms. The molecule has 3 unspecified atom stereocenters. The van der Waals surface area contributed by atoms with Crippen LogP contribution < -0.4 is 21.3 Å². The molecule has 1 saturated heterocycles. The van der Waals surface area contributed by atoms with E-state index in [1.54, 1.807) is 23.0 Å². The first-order valence-corrected chi connectivity index (χ1v) is 20.0. The van der Waals surface area contributed by atoms with E-state index in [4.69, 9.17) is 9.47 Å². The van der Waals surface area contributed by atoms with Crippen LogP contribution in [0.3, 0.4) is 0 Å². The number of nitrogens with one attached hydrogen (secondary N) is 4. The second-order valence-electron chi connectivity index (χ2n) is 13.5. The Hall–Kier alpha value is -4.37. The van der Waals surface area contributed by atoms with Crippen molar-refractivity contribution < 1.29 is 23.9 Å². The summed E-state index contributed by atoms with van der Waals surface area (Å²) in [5, 5.41) is 15.2. The van der Waals surface area contributed by atoms with Gasteiger partial charge in [-0.15, -0.1) is 22.7 Å². The minimum absolute atomic E-state index is 0.149. The number of hydrogen-bond acceptors (Lipinski definition) is 10. The van der Waals surface area contributed by atoms with Gasteiger partial charge < -0.3 is 30.7 Å². The summed E-state index contributed by atoms with van der Waals surface area (Å²) in [4.78, 5) is 52.0. The third kappa shape index (κ3) is 14.2. The highest BCUT2D eigenvalue weighted by Crippen LogP contribution is 2.19. The largest absolute Gasteiger partial charge is 0.444 e. The number of hydrogen-bond donors (Lipinski definition) is 4. The Morgan fingerprint density at radius 3 is 2.13 bits per heavy atom. The van der Waals surface area contributed by atoms with Crippen LogP contribution in [-0.2, 0) is 40.3 Å². The van der Waals surface area contributed by atoms with Crippen LogP contribution in [0.1, 0.15) is 65.7 Å². The van der Waals surface area contributed by atoms with Crippen LogP contribution in [0.5, 0.6) is 0 Å². The van der Waals surface area contributed by atoms with Crippen LogP contribution in [-0.4, -0.2) is 83.9 Å². The number of aromatic nitrogens is 2. The molecule has 14 heteroatoms. The number of thiazole rings is 2. The summed E-state index contributed by atoms with van der Waals surface area (Å²) < 4.78 is 11.0. The Morgan fingerprint density at radius 2 is 1.53 bits per heavy atom. The maximum absolute atomic E-state index is 14.1. The van der Waals surface area contributed by atoms with Gasteiger partial charge in [0.1, 0.15) is 12.6 Å². The number of carbonyl (C=O) groups is 3. The molecule has 284 valence electrons. The van der Waals surface area contributed by atoms with E-state index in [-0.39, 0.29) is 31.1 Å². The summed E-state index contributed by atoms with van der Waals surface area (Å²) in [6, 6.07) is 18.3. The number of ether oxygens (including phenoxy) is 2. The number of carbonyl (C=O) groups excluding carboxylic acids is 3. The number of morpholine rings is 1. The van der Waals surface area contributed by atoms with E-state index < -0.39 is 18.2 Å². The van der Waals surface area contributed by atoms with Gasteiger partial charge in [0.25, 0.3) is 0 Å². The molecule has 2 aromatic heterocycles. The van der Waals surface area contributed by atoms with Crippen LogP contribution in [0.15, 0.2) is 77.8 Å². The quantitative estimate of drug-likeness (QED) is 0.0959. The van der Waals surface area contributed by atoms with Crippen molar-refractivity contribution in [3.8, 4) is 0 Å². The number of amides is 4. The molecule has 5 rings (SSSR count). The predicted octanol–water partition coefficient (Wildman–Crippen LogP) is 5.66. The van der Waals surface area contributed by atoms with Crippen LogP contribution >= 0.6 is 22.7 Å². The Balaban J connectivity index is 1.26. The molecule has 3 heterocycles. The Bertz CT molecular complexity index is 1670. The molecule has 0 aliphatic carbocycles. The fourth-order valence-electron chi connectivity index (χ4n) is 6.06. The monoisotopic (exact) mass is 761 g/mol. The standard InChI is InChI=1S/C39H51N7O5S2/c1-28(2)37-43-33(26-52-37)23-41-38(48)45-35(15-16-46-17-19-50-20-18-46)36(47)42-31(21-29-9-5-3-6-10-29)13-14-32(22-30-11-7-4-8-12-30)44-39(49)51-25-34-24-40-27-53-34/h3-12,24,26-28,31-32,35H,13-23,25H2,1-2H3,(H,42,47)(H,44,49)(H2,41,45,48). The van der Waals surface area contributed by atoms with Crippen LogP contribution in [0, 0.1) is 0 Å². The Kier molecular flexibility index (Phi) is 16.1.